The number of halogens is 1. The lowest BCUT2D eigenvalue weighted by Crippen LogP contribution is -2.16. The van der Waals surface area contributed by atoms with Crippen molar-refractivity contribution in [3.63, 3.8) is 0 Å². The van der Waals surface area contributed by atoms with Gasteiger partial charge in [-0.2, -0.15) is 0 Å². The highest BCUT2D eigenvalue weighted by Crippen LogP contribution is 2.16. The average molecular weight is 269 g/mol. The van der Waals surface area contributed by atoms with Crippen molar-refractivity contribution in [3.05, 3.63) is 6.92 Å². The Morgan fingerprint density at radius 3 is 2.45 bits per heavy atom. The van der Waals surface area contributed by atoms with Gasteiger partial charge in [0.25, 0.3) is 0 Å². The highest BCUT2D eigenvalue weighted by Gasteiger charge is 2.10. The van der Waals surface area contributed by atoms with E-state index in [0.29, 0.717) is 6.10 Å². The van der Waals surface area contributed by atoms with Crippen LogP contribution in [0, 0.1) is 6.92 Å². The molecule has 0 amide bonds. The van der Waals surface area contributed by atoms with Gasteiger partial charge in [-0.1, -0.05) is 36.4 Å². The quantitative estimate of drug-likeness (QED) is 0.531. The van der Waals surface area contributed by atoms with Crippen molar-refractivity contribution >= 4 is 22.6 Å². The Balaban J connectivity index is 3.49. The topological polar surface area (TPSA) is 9.23 Å². The molecule has 0 rings (SSSR count). The van der Waals surface area contributed by atoms with Gasteiger partial charge in [0, 0.05) is 10.5 Å². The number of alkyl halides is 1. The van der Waals surface area contributed by atoms with E-state index < -0.39 is 0 Å². The Morgan fingerprint density at radius 2 is 2.09 bits per heavy atom. The third-order valence-electron chi connectivity index (χ3n) is 1.69. The smallest absolute Gasteiger partial charge is 0.0585 e. The monoisotopic (exact) mass is 269 g/mol. The summed E-state index contributed by atoms with van der Waals surface area (Å²) in [6, 6.07) is 0. The molecule has 0 heterocycles. The summed E-state index contributed by atoms with van der Waals surface area (Å²) in [5.41, 5.74) is 0. The van der Waals surface area contributed by atoms with Gasteiger partial charge in [0.05, 0.1) is 6.10 Å². The van der Waals surface area contributed by atoms with Crippen LogP contribution in [0.3, 0.4) is 0 Å². The van der Waals surface area contributed by atoms with Crippen LogP contribution in [0.15, 0.2) is 0 Å². The molecular formula is C9H18IO. The van der Waals surface area contributed by atoms with Gasteiger partial charge in [0.2, 0.25) is 0 Å². The Morgan fingerprint density at radius 1 is 1.45 bits per heavy atom. The van der Waals surface area contributed by atoms with Crippen molar-refractivity contribution in [1.29, 1.82) is 0 Å². The van der Waals surface area contributed by atoms with E-state index in [4.69, 9.17) is 4.74 Å². The molecule has 11 heavy (non-hydrogen) atoms. The van der Waals surface area contributed by atoms with E-state index in [9.17, 15) is 0 Å². The zero-order chi connectivity index (χ0) is 8.69. The molecule has 0 N–H and O–H groups in total. The van der Waals surface area contributed by atoms with Crippen LogP contribution in [0.1, 0.15) is 33.1 Å². The first-order valence-electron chi connectivity index (χ1n) is 4.29. The molecule has 2 atom stereocenters. The van der Waals surface area contributed by atoms with E-state index in [-0.39, 0.29) is 0 Å². The highest BCUT2D eigenvalue weighted by atomic mass is 127. The maximum Gasteiger partial charge on any atom is 0.0585 e. The molecule has 0 fully saturated rings. The van der Waals surface area contributed by atoms with E-state index >= 15 is 0 Å². The summed E-state index contributed by atoms with van der Waals surface area (Å²) in [5.74, 6) is 0. The third kappa shape index (κ3) is 5.91. The van der Waals surface area contributed by atoms with Crippen LogP contribution >= 0.6 is 22.6 Å². The lowest BCUT2D eigenvalue weighted by molar-refractivity contribution is 0.0589. The van der Waals surface area contributed by atoms with Crippen LogP contribution in [-0.4, -0.2) is 16.6 Å². The van der Waals surface area contributed by atoms with E-state index in [1.54, 1.807) is 0 Å². The van der Waals surface area contributed by atoms with Gasteiger partial charge in [-0.05, 0) is 26.2 Å². The van der Waals surface area contributed by atoms with E-state index in [0.717, 1.165) is 23.4 Å². The second-order valence-corrected chi connectivity index (χ2v) is 4.37. The van der Waals surface area contributed by atoms with Crippen molar-refractivity contribution in [2.24, 2.45) is 0 Å². The fraction of sp³-hybridized carbons (Fsp3) is 0.889. The van der Waals surface area contributed by atoms with Crippen LogP contribution in [-0.2, 0) is 4.74 Å². The summed E-state index contributed by atoms with van der Waals surface area (Å²) < 4.78 is 6.24. The number of hydrogen-bond acceptors (Lipinski definition) is 1. The van der Waals surface area contributed by atoms with Crippen LogP contribution in [0.4, 0.5) is 0 Å². The zero-order valence-electron chi connectivity index (χ0n) is 7.48. The molecular weight excluding hydrogens is 251 g/mol. The van der Waals surface area contributed by atoms with Gasteiger partial charge in [0.1, 0.15) is 0 Å². The highest BCUT2D eigenvalue weighted by molar-refractivity contribution is 14.1. The number of ether oxygens (including phenoxy) is 1. The van der Waals surface area contributed by atoms with Crippen molar-refractivity contribution in [3.8, 4) is 0 Å². The fourth-order valence-corrected chi connectivity index (χ4v) is 1.52. The van der Waals surface area contributed by atoms with Gasteiger partial charge in [-0.25, -0.2) is 0 Å². The maximum absolute atomic E-state index is 5.50. The van der Waals surface area contributed by atoms with Gasteiger partial charge >= 0.3 is 0 Å². The van der Waals surface area contributed by atoms with E-state index in [1.807, 2.05) is 6.92 Å². The first kappa shape index (κ1) is 11.7. The lowest BCUT2D eigenvalue weighted by Gasteiger charge is -2.17. The zero-order valence-corrected chi connectivity index (χ0v) is 9.63. The maximum atomic E-state index is 5.50. The predicted molar refractivity (Wildman–Crippen MR) is 58.1 cm³/mol. The molecule has 0 saturated heterocycles. The molecule has 0 bridgehead atoms. The standard InChI is InChI=1S/C9H18IO/c1-4-8(10)7-9(5-2)11-6-3/h8-9H,2,4-7H2,1,3H3. The van der Waals surface area contributed by atoms with Gasteiger partial charge < -0.3 is 4.74 Å². The summed E-state index contributed by atoms with van der Waals surface area (Å²) in [4.78, 5) is 0. The Bertz CT molecular complexity index is 85.6. The summed E-state index contributed by atoms with van der Waals surface area (Å²) in [6.07, 6.45) is 3.65. The second-order valence-electron chi connectivity index (χ2n) is 2.61. The molecule has 0 aromatic rings. The number of hydrogen-bond donors (Lipinski definition) is 0. The molecule has 2 heteroatoms. The molecule has 0 aromatic carbocycles. The Kier molecular flexibility index (Phi) is 7.81. The van der Waals surface area contributed by atoms with E-state index in [1.165, 1.54) is 6.42 Å². The van der Waals surface area contributed by atoms with Crippen LogP contribution in [0.2, 0.25) is 0 Å². The van der Waals surface area contributed by atoms with Crippen LogP contribution in [0.25, 0.3) is 0 Å². The lowest BCUT2D eigenvalue weighted by atomic mass is 10.1. The summed E-state index contributed by atoms with van der Waals surface area (Å²) in [5, 5.41) is 0. The molecule has 1 nitrogen and oxygen atoms in total. The second kappa shape index (κ2) is 7.35. The third-order valence-corrected chi connectivity index (χ3v) is 3.08. The van der Waals surface area contributed by atoms with Crippen molar-refractivity contribution in [1.82, 2.24) is 0 Å². The van der Waals surface area contributed by atoms with Crippen molar-refractivity contribution < 1.29 is 4.74 Å². The minimum Gasteiger partial charge on any atom is -0.378 e. The fourth-order valence-electron chi connectivity index (χ4n) is 0.957. The largest absolute Gasteiger partial charge is 0.378 e. The molecule has 0 aliphatic heterocycles. The van der Waals surface area contributed by atoms with Gasteiger partial charge in [0.15, 0.2) is 0 Å². The molecule has 0 aliphatic rings. The normalized spacial score (nSPS) is 16.4. The summed E-state index contributed by atoms with van der Waals surface area (Å²) >= 11 is 2.48. The molecule has 67 valence electrons. The minimum absolute atomic E-state index is 0.377. The molecule has 0 spiro atoms. The SMILES string of the molecule is [CH2]CC(CC(I)CC)OCC. The summed E-state index contributed by atoms with van der Waals surface area (Å²) in [6.45, 7) is 8.93. The first-order chi connectivity index (χ1) is 5.24. The predicted octanol–water partition coefficient (Wildman–Crippen LogP) is 3.22. The molecule has 0 aliphatic carbocycles. The molecule has 2 unspecified atom stereocenters. The molecule has 1 radical (unpaired) electrons. The van der Waals surface area contributed by atoms with Gasteiger partial charge in [-0.3, -0.25) is 0 Å². The summed E-state index contributed by atoms with van der Waals surface area (Å²) in [7, 11) is 0. The average Bonchev–Trinajstić information content (AvgIpc) is 2.03. The molecule has 0 aromatic heterocycles. The van der Waals surface area contributed by atoms with Crippen LogP contribution in [0.5, 0.6) is 0 Å². The van der Waals surface area contributed by atoms with Gasteiger partial charge in [-0.15, -0.1) is 0 Å². The van der Waals surface area contributed by atoms with Crippen LogP contribution < -0.4 is 0 Å². The first-order valence-corrected chi connectivity index (χ1v) is 5.54. The Hall–Kier alpha value is 0.690. The Labute approximate surface area is 84.0 Å². The van der Waals surface area contributed by atoms with Crippen molar-refractivity contribution in [2.45, 2.75) is 43.1 Å². The van der Waals surface area contributed by atoms with Crippen molar-refractivity contribution in [2.75, 3.05) is 6.61 Å². The molecule has 0 saturated carbocycles. The minimum atomic E-state index is 0.377. The van der Waals surface area contributed by atoms with E-state index in [2.05, 4.69) is 36.4 Å². The number of rotatable bonds is 6.